The van der Waals surface area contributed by atoms with E-state index in [1.807, 2.05) is 25.1 Å². The monoisotopic (exact) mass is 441 g/mol. The van der Waals surface area contributed by atoms with Crippen LogP contribution < -0.4 is 4.74 Å². The summed E-state index contributed by atoms with van der Waals surface area (Å²) in [6, 6.07) is 15.7. The summed E-state index contributed by atoms with van der Waals surface area (Å²) in [5.41, 5.74) is 3.93. The molecule has 0 unspecified atom stereocenters. The number of halogens is 4. The SMILES string of the molecule is CCc1cc(-c2ccc(OC(F)(F)F)cc2)ccc1C#Cc1ccc(N=C=S)c(F)c1. The van der Waals surface area contributed by atoms with Gasteiger partial charge in [-0.1, -0.05) is 37.0 Å². The van der Waals surface area contributed by atoms with Crippen LogP contribution in [0.3, 0.4) is 0 Å². The first-order valence-corrected chi connectivity index (χ1v) is 9.58. The van der Waals surface area contributed by atoms with Crippen molar-refractivity contribution in [1.82, 2.24) is 0 Å². The van der Waals surface area contributed by atoms with Gasteiger partial charge in [-0.3, -0.25) is 0 Å². The second-order valence-corrected chi connectivity index (χ2v) is 6.60. The van der Waals surface area contributed by atoms with Gasteiger partial charge < -0.3 is 4.74 Å². The molecule has 0 atom stereocenters. The van der Waals surface area contributed by atoms with Crippen molar-refractivity contribution in [1.29, 1.82) is 0 Å². The number of rotatable bonds is 4. The van der Waals surface area contributed by atoms with E-state index in [-0.39, 0.29) is 11.4 Å². The van der Waals surface area contributed by atoms with Crippen LogP contribution in [0.1, 0.15) is 23.6 Å². The van der Waals surface area contributed by atoms with E-state index in [0.717, 1.165) is 22.3 Å². The smallest absolute Gasteiger partial charge is 0.406 e. The maximum absolute atomic E-state index is 13.9. The molecule has 0 N–H and O–H groups in total. The first-order chi connectivity index (χ1) is 14.8. The molecule has 0 heterocycles. The fraction of sp³-hybridized carbons (Fsp3) is 0.125. The van der Waals surface area contributed by atoms with E-state index in [0.29, 0.717) is 12.0 Å². The minimum atomic E-state index is -4.72. The van der Waals surface area contributed by atoms with Gasteiger partial charge in [-0.25, -0.2) is 4.39 Å². The summed E-state index contributed by atoms with van der Waals surface area (Å²) in [7, 11) is 0. The Morgan fingerprint density at radius 2 is 1.65 bits per heavy atom. The van der Waals surface area contributed by atoms with E-state index in [2.05, 4.69) is 38.9 Å². The molecule has 156 valence electrons. The first-order valence-electron chi connectivity index (χ1n) is 9.17. The Hall–Kier alpha value is -3.46. The zero-order valence-corrected chi connectivity index (χ0v) is 17.1. The fourth-order valence-electron chi connectivity index (χ4n) is 2.90. The minimum Gasteiger partial charge on any atom is -0.406 e. The van der Waals surface area contributed by atoms with E-state index in [9.17, 15) is 17.6 Å². The van der Waals surface area contributed by atoms with Crippen LogP contribution in [0.25, 0.3) is 11.1 Å². The molecule has 7 heteroatoms. The van der Waals surface area contributed by atoms with Gasteiger partial charge in [0.1, 0.15) is 11.4 Å². The van der Waals surface area contributed by atoms with Crippen molar-refractivity contribution >= 4 is 23.1 Å². The first kappa shape index (κ1) is 22.2. The number of alkyl halides is 3. The maximum atomic E-state index is 13.9. The molecule has 0 aromatic heterocycles. The lowest BCUT2D eigenvalue weighted by molar-refractivity contribution is -0.274. The lowest BCUT2D eigenvalue weighted by Crippen LogP contribution is -2.16. The molecule has 0 radical (unpaired) electrons. The van der Waals surface area contributed by atoms with Crippen LogP contribution in [0.5, 0.6) is 5.75 Å². The average Bonchev–Trinajstić information content (AvgIpc) is 2.73. The topological polar surface area (TPSA) is 21.6 Å². The number of aryl methyl sites for hydroxylation is 1. The molecule has 0 amide bonds. The molecule has 0 fully saturated rings. The molecule has 0 saturated heterocycles. The Kier molecular flexibility index (Phi) is 6.86. The Bertz CT molecular complexity index is 1200. The lowest BCUT2D eigenvalue weighted by atomic mass is 9.97. The molecule has 2 nitrogen and oxygen atoms in total. The summed E-state index contributed by atoms with van der Waals surface area (Å²) in [5.74, 6) is 5.17. The van der Waals surface area contributed by atoms with Crippen LogP contribution in [0.15, 0.2) is 65.7 Å². The van der Waals surface area contributed by atoms with Crippen LogP contribution in [0.4, 0.5) is 23.2 Å². The number of benzene rings is 3. The fourth-order valence-corrected chi connectivity index (χ4v) is 3.00. The van der Waals surface area contributed by atoms with Crippen molar-refractivity contribution in [3.63, 3.8) is 0 Å². The van der Waals surface area contributed by atoms with Crippen molar-refractivity contribution in [3.05, 3.63) is 83.2 Å². The lowest BCUT2D eigenvalue weighted by Gasteiger charge is -2.10. The van der Waals surface area contributed by atoms with Gasteiger partial charge in [0.15, 0.2) is 5.82 Å². The molecular weight excluding hydrogens is 426 g/mol. The number of thiocarbonyl (C=S) groups is 1. The highest BCUT2D eigenvalue weighted by Gasteiger charge is 2.30. The maximum Gasteiger partial charge on any atom is 0.573 e. The molecule has 0 aliphatic rings. The van der Waals surface area contributed by atoms with Gasteiger partial charge in [0.25, 0.3) is 0 Å². The van der Waals surface area contributed by atoms with Crippen molar-refractivity contribution in [2.45, 2.75) is 19.7 Å². The molecule has 0 aliphatic carbocycles. The van der Waals surface area contributed by atoms with Gasteiger partial charge in [-0.15, -0.1) is 13.2 Å². The second-order valence-electron chi connectivity index (χ2n) is 6.42. The summed E-state index contributed by atoms with van der Waals surface area (Å²) in [6.07, 6.45) is -4.03. The molecule has 0 aliphatic heterocycles. The second kappa shape index (κ2) is 9.57. The largest absolute Gasteiger partial charge is 0.573 e. The number of hydrogen-bond donors (Lipinski definition) is 0. The third-order valence-electron chi connectivity index (χ3n) is 4.36. The third kappa shape index (κ3) is 6.02. The van der Waals surface area contributed by atoms with Crippen molar-refractivity contribution in [2.24, 2.45) is 4.99 Å². The van der Waals surface area contributed by atoms with E-state index in [1.54, 1.807) is 18.2 Å². The number of nitrogens with zero attached hydrogens (tertiary/aromatic N) is 1. The van der Waals surface area contributed by atoms with Crippen molar-refractivity contribution in [3.8, 4) is 28.7 Å². The van der Waals surface area contributed by atoms with Gasteiger partial charge in [-0.2, -0.15) is 4.99 Å². The molecule has 0 saturated carbocycles. The van der Waals surface area contributed by atoms with Crippen LogP contribution >= 0.6 is 12.2 Å². The molecule has 3 aromatic rings. The van der Waals surface area contributed by atoms with Gasteiger partial charge in [0.2, 0.25) is 0 Å². The molecule has 3 aromatic carbocycles. The van der Waals surface area contributed by atoms with E-state index < -0.39 is 12.2 Å². The van der Waals surface area contributed by atoms with Crippen molar-refractivity contribution < 1.29 is 22.3 Å². The normalized spacial score (nSPS) is 10.6. The summed E-state index contributed by atoms with van der Waals surface area (Å²) in [4.78, 5) is 3.63. The highest BCUT2D eigenvalue weighted by atomic mass is 32.1. The third-order valence-corrected chi connectivity index (χ3v) is 4.45. The number of isothiocyanates is 1. The Balaban J connectivity index is 1.85. The van der Waals surface area contributed by atoms with Gasteiger partial charge in [0.05, 0.1) is 5.16 Å². The highest BCUT2D eigenvalue weighted by Crippen LogP contribution is 2.28. The predicted octanol–water partition coefficient (Wildman–Crippen LogP) is 7.09. The Morgan fingerprint density at radius 1 is 0.935 bits per heavy atom. The number of aliphatic imine (C=N–C) groups is 1. The van der Waals surface area contributed by atoms with E-state index in [4.69, 9.17) is 0 Å². The van der Waals surface area contributed by atoms with E-state index >= 15 is 0 Å². The molecule has 31 heavy (non-hydrogen) atoms. The summed E-state index contributed by atoms with van der Waals surface area (Å²) in [6.45, 7) is 1.97. The highest BCUT2D eigenvalue weighted by molar-refractivity contribution is 7.78. The summed E-state index contributed by atoms with van der Waals surface area (Å²) in [5, 5.41) is 2.12. The molecule has 0 bridgehead atoms. The summed E-state index contributed by atoms with van der Waals surface area (Å²) < 4.78 is 54.8. The molecule has 0 spiro atoms. The van der Waals surface area contributed by atoms with Gasteiger partial charge >= 0.3 is 6.36 Å². The van der Waals surface area contributed by atoms with Crippen LogP contribution in [0.2, 0.25) is 0 Å². The summed E-state index contributed by atoms with van der Waals surface area (Å²) >= 11 is 4.48. The number of ether oxygens (including phenoxy) is 1. The van der Waals surface area contributed by atoms with Crippen LogP contribution in [-0.4, -0.2) is 11.5 Å². The molecular formula is C24H15F4NOS. The minimum absolute atomic E-state index is 0.103. The van der Waals surface area contributed by atoms with Crippen LogP contribution in [0, 0.1) is 17.7 Å². The Labute approximate surface area is 182 Å². The van der Waals surface area contributed by atoms with E-state index in [1.165, 1.54) is 24.3 Å². The zero-order chi connectivity index (χ0) is 22.4. The standard InChI is InChI=1S/C24H15F4NOS/c1-2-17-14-20(19-8-10-21(11-9-19)30-24(26,27)28)7-6-18(17)5-3-16-4-12-23(29-15-31)22(25)13-16/h4,6-14H,2H2,1H3. The quantitative estimate of drug-likeness (QED) is 0.187. The zero-order valence-electron chi connectivity index (χ0n) is 16.3. The van der Waals surface area contributed by atoms with Crippen molar-refractivity contribution in [2.75, 3.05) is 0 Å². The average molecular weight is 441 g/mol. The molecule has 3 rings (SSSR count). The van der Waals surface area contributed by atoms with Gasteiger partial charge in [0, 0.05) is 11.1 Å². The number of hydrogen-bond acceptors (Lipinski definition) is 3. The Morgan fingerprint density at radius 3 is 2.26 bits per heavy atom. The van der Waals surface area contributed by atoms with Gasteiger partial charge in [-0.05, 0) is 77.8 Å². The predicted molar refractivity (Wildman–Crippen MR) is 115 cm³/mol. The van der Waals surface area contributed by atoms with Crippen LogP contribution in [-0.2, 0) is 6.42 Å².